The molecule has 2 fully saturated rings. The number of nitrogens with zero attached hydrogens (tertiary/aromatic N) is 5. The second-order valence-corrected chi connectivity index (χ2v) is 8.73. The fourth-order valence-electron chi connectivity index (χ4n) is 3.43. The average molecular weight is 422 g/mol. The van der Waals surface area contributed by atoms with Crippen LogP contribution >= 0.6 is 23.1 Å². The van der Waals surface area contributed by atoms with Crippen molar-refractivity contribution in [2.24, 2.45) is 0 Å². The minimum absolute atomic E-state index is 0.0693. The van der Waals surface area contributed by atoms with E-state index in [1.165, 1.54) is 11.8 Å². The van der Waals surface area contributed by atoms with Crippen molar-refractivity contribution in [2.75, 3.05) is 38.5 Å². The molecule has 2 amide bonds. The summed E-state index contributed by atoms with van der Waals surface area (Å²) < 4.78 is 7.89. The van der Waals surface area contributed by atoms with E-state index in [2.05, 4.69) is 14.8 Å². The van der Waals surface area contributed by atoms with E-state index < -0.39 is 0 Å². The zero-order chi connectivity index (χ0) is 19.3. The molecular formula is C18H23N5O3S2. The molecule has 2 aliphatic heterocycles. The van der Waals surface area contributed by atoms with Crippen LogP contribution in [0.25, 0.3) is 10.7 Å². The Morgan fingerprint density at radius 1 is 1.32 bits per heavy atom. The Morgan fingerprint density at radius 3 is 2.86 bits per heavy atom. The molecular weight excluding hydrogens is 398 g/mol. The number of aromatic nitrogens is 3. The maximum absolute atomic E-state index is 12.6. The normalized spacial score (nSPS) is 19.9. The number of ether oxygens (including phenoxy) is 1. The number of hydrogen-bond acceptors (Lipinski definition) is 7. The molecule has 0 saturated carbocycles. The van der Waals surface area contributed by atoms with E-state index in [-0.39, 0.29) is 12.0 Å². The van der Waals surface area contributed by atoms with Crippen LogP contribution < -0.4 is 0 Å². The fourth-order valence-corrected chi connectivity index (χ4v) is 5.00. The molecule has 0 spiro atoms. The third-order valence-electron chi connectivity index (χ3n) is 5.01. The van der Waals surface area contributed by atoms with Gasteiger partial charge in [0.15, 0.2) is 11.0 Å². The molecule has 0 aromatic carbocycles. The Morgan fingerprint density at radius 2 is 2.18 bits per heavy atom. The number of hydrogen-bond donors (Lipinski definition) is 0. The predicted octanol–water partition coefficient (Wildman–Crippen LogP) is 1.58. The van der Waals surface area contributed by atoms with Crippen LogP contribution in [0.3, 0.4) is 0 Å². The summed E-state index contributed by atoms with van der Waals surface area (Å²) in [6, 6.07) is 4.03. The average Bonchev–Trinajstić information content (AvgIpc) is 3.49. The molecule has 150 valence electrons. The van der Waals surface area contributed by atoms with Crippen LogP contribution in [0, 0.1) is 0 Å². The van der Waals surface area contributed by atoms with Crippen LogP contribution in [0.15, 0.2) is 22.7 Å². The maximum Gasteiger partial charge on any atom is 0.233 e. The SMILES string of the molecule is O=CN1CCN(C(=O)CSc2nnc(-c3cccs3)n2C[C@@H]2CCCO2)CC1. The van der Waals surface area contributed by atoms with E-state index in [0.717, 1.165) is 41.7 Å². The highest BCUT2D eigenvalue weighted by atomic mass is 32.2. The monoisotopic (exact) mass is 421 g/mol. The van der Waals surface area contributed by atoms with Gasteiger partial charge in [0.25, 0.3) is 0 Å². The first kappa shape index (κ1) is 19.4. The van der Waals surface area contributed by atoms with E-state index in [1.807, 2.05) is 22.4 Å². The summed E-state index contributed by atoms with van der Waals surface area (Å²) in [6.07, 6.45) is 3.12. The Hall–Kier alpha value is -1.91. The van der Waals surface area contributed by atoms with E-state index in [4.69, 9.17) is 4.74 Å². The van der Waals surface area contributed by atoms with Gasteiger partial charge in [-0.2, -0.15) is 0 Å². The molecule has 0 aliphatic carbocycles. The fraction of sp³-hybridized carbons (Fsp3) is 0.556. The molecule has 4 heterocycles. The number of carbonyl (C=O) groups is 2. The van der Waals surface area contributed by atoms with Gasteiger partial charge < -0.3 is 14.5 Å². The number of thiophene rings is 1. The van der Waals surface area contributed by atoms with Crippen LogP contribution in [0.2, 0.25) is 0 Å². The number of rotatable bonds is 7. The van der Waals surface area contributed by atoms with Crippen molar-refractivity contribution in [1.82, 2.24) is 24.6 Å². The predicted molar refractivity (Wildman–Crippen MR) is 107 cm³/mol. The van der Waals surface area contributed by atoms with Gasteiger partial charge in [-0.1, -0.05) is 17.8 Å². The van der Waals surface area contributed by atoms with Gasteiger partial charge in [0, 0.05) is 32.8 Å². The summed E-state index contributed by atoms with van der Waals surface area (Å²) in [5.74, 6) is 1.22. The zero-order valence-electron chi connectivity index (χ0n) is 15.5. The summed E-state index contributed by atoms with van der Waals surface area (Å²) in [4.78, 5) is 28.0. The van der Waals surface area contributed by atoms with Gasteiger partial charge in [-0.3, -0.25) is 14.2 Å². The highest BCUT2D eigenvalue weighted by Crippen LogP contribution is 2.29. The van der Waals surface area contributed by atoms with Crippen molar-refractivity contribution < 1.29 is 14.3 Å². The molecule has 2 aromatic heterocycles. The van der Waals surface area contributed by atoms with Crippen molar-refractivity contribution in [3.05, 3.63) is 17.5 Å². The third kappa shape index (κ3) is 4.39. The Labute approximate surface area is 171 Å². The van der Waals surface area contributed by atoms with Crippen LogP contribution in [0.5, 0.6) is 0 Å². The first-order chi connectivity index (χ1) is 13.7. The summed E-state index contributed by atoms with van der Waals surface area (Å²) >= 11 is 3.05. The molecule has 2 aliphatic rings. The van der Waals surface area contributed by atoms with E-state index in [1.54, 1.807) is 16.2 Å². The van der Waals surface area contributed by atoms with Gasteiger partial charge in [0.2, 0.25) is 12.3 Å². The van der Waals surface area contributed by atoms with Gasteiger partial charge in [0.05, 0.1) is 23.3 Å². The standard InChI is InChI=1S/C18H23N5O3S2/c24-13-21-5-7-22(8-6-21)16(25)12-28-18-20-19-17(15-4-2-10-27-15)23(18)11-14-3-1-9-26-14/h2,4,10,13-14H,1,3,5-9,11-12H2/t14-/m0/s1. The molecule has 4 rings (SSSR count). The topological polar surface area (TPSA) is 80.6 Å². The second kappa shape index (κ2) is 9.06. The van der Waals surface area contributed by atoms with Crippen LogP contribution in [-0.4, -0.2) is 81.5 Å². The minimum Gasteiger partial charge on any atom is -0.376 e. The van der Waals surface area contributed by atoms with Crippen molar-refractivity contribution in [3.63, 3.8) is 0 Å². The second-order valence-electron chi connectivity index (χ2n) is 6.84. The molecule has 0 unspecified atom stereocenters. The van der Waals surface area contributed by atoms with Gasteiger partial charge in [-0.15, -0.1) is 21.5 Å². The third-order valence-corrected chi connectivity index (χ3v) is 6.83. The molecule has 10 heteroatoms. The molecule has 0 bridgehead atoms. The quantitative estimate of drug-likeness (QED) is 0.499. The van der Waals surface area contributed by atoms with Crippen LogP contribution in [0.1, 0.15) is 12.8 Å². The lowest BCUT2D eigenvalue weighted by molar-refractivity contribution is -0.132. The molecule has 2 saturated heterocycles. The van der Waals surface area contributed by atoms with Crippen molar-refractivity contribution in [2.45, 2.75) is 30.6 Å². The van der Waals surface area contributed by atoms with E-state index >= 15 is 0 Å². The van der Waals surface area contributed by atoms with E-state index in [9.17, 15) is 9.59 Å². The van der Waals surface area contributed by atoms with Crippen molar-refractivity contribution in [3.8, 4) is 10.7 Å². The molecule has 8 nitrogen and oxygen atoms in total. The first-order valence-electron chi connectivity index (χ1n) is 9.43. The molecule has 2 aromatic rings. The summed E-state index contributed by atoms with van der Waals surface area (Å²) in [5.41, 5.74) is 0. The van der Waals surface area contributed by atoms with Crippen molar-refractivity contribution >= 4 is 35.4 Å². The van der Waals surface area contributed by atoms with Gasteiger partial charge in [-0.05, 0) is 24.3 Å². The Balaban J connectivity index is 1.43. The minimum atomic E-state index is 0.0693. The zero-order valence-corrected chi connectivity index (χ0v) is 17.2. The maximum atomic E-state index is 12.6. The number of piperazine rings is 1. The Kier molecular flexibility index (Phi) is 6.28. The number of thioether (sulfide) groups is 1. The molecule has 0 N–H and O–H groups in total. The highest BCUT2D eigenvalue weighted by molar-refractivity contribution is 7.99. The summed E-state index contributed by atoms with van der Waals surface area (Å²) in [7, 11) is 0. The molecule has 0 radical (unpaired) electrons. The lowest BCUT2D eigenvalue weighted by atomic mass is 10.2. The largest absolute Gasteiger partial charge is 0.376 e. The lowest BCUT2D eigenvalue weighted by Crippen LogP contribution is -2.48. The summed E-state index contributed by atoms with van der Waals surface area (Å²) in [5, 5.41) is 11.5. The van der Waals surface area contributed by atoms with Gasteiger partial charge in [0.1, 0.15) is 0 Å². The van der Waals surface area contributed by atoms with Gasteiger partial charge in [-0.25, -0.2) is 0 Å². The molecule has 28 heavy (non-hydrogen) atoms. The van der Waals surface area contributed by atoms with Gasteiger partial charge >= 0.3 is 0 Å². The highest BCUT2D eigenvalue weighted by Gasteiger charge is 2.24. The van der Waals surface area contributed by atoms with E-state index in [0.29, 0.717) is 38.5 Å². The first-order valence-corrected chi connectivity index (χ1v) is 11.3. The van der Waals surface area contributed by atoms with Crippen LogP contribution in [0.4, 0.5) is 0 Å². The Bertz CT molecular complexity index is 796. The van der Waals surface area contributed by atoms with Crippen LogP contribution in [-0.2, 0) is 20.9 Å². The number of carbonyl (C=O) groups excluding carboxylic acids is 2. The lowest BCUT2D eigenvalue weighted by Gasteiger charge is -2.32. The number of amides is 2. The summed E-state index contributed by atoms with van der Waals surface area (Å²) in [6.45, 7) is 3.86. The smallest absolute Gasteiger partial charge is 0.233 e. The molecule has 1 atom stereocenters. The van der Waals surface area contributed by atoms with Crippen molar-refractivity contribution in [1.29, 1.82) is 0 Å².